The van der Waals surface area contributed by atoms with Gasteiger partial charge in [0.25, 0.3) is 0 Å². The molecule has 1 fully saturated rings. The fourth-order valence-electron chi connectivity index (χ4n) is 3.83. The van der Waals surface area contributed by atoms with Crippen LogP contribution in [-0.4, -0.2) is 57.9 Å². The summed E-state index contributed by atoms with van der Waals surface area (Å²) in [4.78, 5) is 18.2. The minimum Gasteiger partial charge on any atom is -0.497 e. The van der Waals surface area contributed by atoms with Gasteiger partial charge in [-0.25, -0.2) is 4.79 Å². The second-order valence-corrected chi connectivity index (χ2v) is 7.66. The van der Waals surface area contributed by atoms with Gasteiger partial charge in [0.2, 0.25) is 0 Å². The van der Waals surface area contributed by atoms with Crippen molar-refractivity contribution in [3.8, 4) is 5.75 Å². The maximum absolute atomic E-state index is 11.3. The standard InChI is InChI=1S/C24H33N5O3.HI/c1-25-23(26-16-18-9-11-20(12-10-18)28-24(30)32-3)27-17-22(29-13-4-5-14-29)19-7-6-8-21(15-19)31-2;/h6-12,15,22H,4-5,13-14,16-17H2,1-3H3,(H,28,30)(H2,25,26,27);1H. The van der Waals surface area contributed by atoms with Crippen molar-refractivity contribution < 1.29 is 14.3 Å². The van der Waals surface area contributed by atoms with Crippen LogP contribution in [0.2, 0.25) is 0 Å². The van der Waals surface area contributed by atoms with Crippen LogP contribution < -0.4 is 20.7 Å². The van der Waals surface area contributed by atoms with Crippen LogP contribution in [0.3, 0.4) is 0 Å². The van der Waals surface area contributed by atoms with Gasteiger partial charge in [0.15, 0.2) is 5.96 Å². The van der Waals surface area contributed by atoms with Crippen LogP contribution in [0.1, 0.15) is 30.0 Å². The van der Waals surface area contributed by atoms with Crippen molar-refractivity contribution >= 4 is 41.7 Å². The third kappa shape index (κ3) is 8.08. The van der Waals surface area contributed by atoms with E-state index in [-0.39, 0.29) is 30.0 Å². The second-order valence-electron chi connectivity index (χ2n) is 7.66. The van der Waals surface area contributed by atoms with Gasteiger partial charge in [-0.1, -0.05) is 24.3 Å². The summed E-state index contributed by atoms with van der Waals surface area (Å²) in [6, 6.07) is 16.1. The molecule has 0 aliphatic carbocycles. The number of benzene rings is 2. The lowest BCUT2D eigenvalue weighted by atomic mass is 10.1. The molecule has 1 amide bonds. The number of anilines is 1. The number of carbonyl (C=O) groups excluding carboxylic acids is 1. The third-order valence-electron chi connectivity index (χ3n) is 5.59. The molecule has 3 N–H and O–H groups in total. The number of likely N-dealkylation sites (tertiary alicyclic amines) is 1. The molecular formula is C24H34IN5O3. The first-order chi connectivity index (χ1) is 15.6. The number of nitrogens with one attached hydrogen (secondary N) is 3. The number of hydrogen-bond acceptors (Lipinski definition) is 5. The van der Waals surface area contributed by atoms with Crippen LogP contribution >= 0.6 is 24.0 Å². The molecule has 0 spiro atoms. The molecule has 3 rings (SSSR count). The molecule has 9 heteroatoms. The van der Waals surface area contributed by atoms with E-state index in [1.54, 1.807) is 14.2 Å². The van der Waals surface area contributed by atoms with Crippen molar-refractivity contribution in [3.63, 3.8) is 0 Å². The molecule has 1 aliphatic rings. The Hall–Kier alpha value is -2.53. The smallest absolute Gasteiger partial charge is 0.411 e. The molecule has 33 heavy (non-hydrogen) atoms. The van der Waals surface area contributed by atoms with Crippen molar-refractivity contribution in [3.05, 3.63) is 59.7 Å². The molecule has 8 nitrogen and oxygen atoms in total. The number of guanidine groups is 1. The van der Waals surface area contributed by atoms with Gasteiger partial charge in [0, 0.05) is 25.8 Å². The van der Waals surface area contributed by atoms with Crippen LogP contribution in [0, 0.1) is 0 Å². The fourth-order valence-corrected chi connectivity index (χ4v) is 3.83. The normalized spacial score (nSPS) is 14.7. The minimum atomic E-state index is -0.482. The van der Waals surface area contributed by atoms with Crippen LogP contribution in [0.15, 0.2) is 53.5 Å². The fraction of sp³-hybridized carbons (Fsp3) is 0.417. The van der Waals surface area contributed by atoms with E-state index in [4.69, 9.17) is 4.74 Å². The summed E-state index contributed by atoms with van der Waals surface area (Å²) in [5.41, 5.74) is 3.00. The molecule has 1 unspecified atom stereocenters. The minimum absolute atomic E-state index is 0. The SMILES string of the molecule is CN=C(NCc1ccc(NC(=O)OC)cc1)NCC(c1cccc(OC)c1)N1CCCC1.I. The van der Waals surface area contributed by atoms with Gasteiger partial charge in [-0.15, -0.1) is 24.0 Å². The molecule has 2 aromatic rings. The summed E-state index contributed by atoms with van der Waals surface area (Å²) in [5.74, 6) is 1.62. The van der Waals surface area contributed by atoms with Crippen LogP contribution in [0.4, 0.5) is 10.5 Å². The zero-order valence-electron chi connectivity index (χ0n) is 19.5. The van der Waals surface area contributed by atoms with Crippen LogP contribution in [0.25, 0.3) is 0 Å². The first-order valence-corrected chi connectivity index (χ1v) is 10.9. The number of nitrogens with zero attached hydrogens (tertiary/aromatic N) is 2. The Kier molecular flexibility index (Phi) is 11.2. The molecule has 0 aromatic heterocycles. The van der Waals surface area contributed by atoms with Crippen molar-refractivity contribution in [2.24, 2.45) is 4.99 Å². The highest BCUT2D eigenvalue weighted by Crippen LogP contribution is 2.27. The van der Waals surface area contributed by atoms with Crippen molar-refractivity contribution in [2.75, 3.05) is 46.2 Å². The van der Waals surface area contributed by atoms with E-state index in [0.29, 0.717) is 12.2 Å². The predicted octanol–water partition coefficient (Wildman–Crippen LogP) is 3.99. The molecule has 1 atom stereocenters. The lowest BCUT2D eigenvalue weighted by Crippen LogP contribution is -2.42. The lowest BCUT2D eigenvalue weighted by molar-refractivity contribution is 0.187. The quantitative estimate of drug-likeness (QED) is 0.254. The highest BCUT2D eigenvalue weighted by molar-refractivity contribution is 14.0. The topological polar surface area (TPSA) is 87.2 Å². The zero-order valence-corrected chi connectivity index (χ0v) is 21.8. The molecule has 1 saturated heterocycles. The number of hydrogen-bond donors (Lipinski definition) is 3. The van der Waals surface area contributed by atoms with Crippen LogP contribution in [-0.2, 0) is 11.3 Å². The van der Waals surface area contributed by atoms with Gasteiger partial charge in [0.05, 0.1) is 20.3 Å². The maximum Gasteiger partial charge on any atom is 0.411 e. The average Bonchev–Trinajstić information content (AvgIpc) is 3.36. The number of rotatable bonds is 8. The summed E-state index contributed by atoms with van der Waals surface area (Å²) < 4.78 is 10.0. The Bertz CT molecular complexity index is 901. The third-order valence-corrected chi connectivity index (χ3v) is 5.59. The molecule has 0 saturated carbocycles. The van der Waals surface area contributed by atoms with E-state index in [2.05, 4.69) is 42.7 Å². The maximum atomic E-state index is 11.3. The first kappa shape index (κ1) is 26.7. The summed E-state index contributed by atoms with van der Waals surface area (Å²) in [6.07, 6.45) is 1.98. The number of methoxy groups -OCH3 is 2. The molecule has 1 heterocycles. The number of amides is 1. The van der Waals surface area contributed by atoms with Crippen molar-refractivity contribution in [1.82, 2.24) is 15.5 Å². The Morgan fingerprint density at radius 2 is 1.82 bits per heavy atom. The van der Waals surface area contributed by atoms with E-state index >= 15 is 0 Å². The monoisotopic (exact) mass is 567 g/mol. The Morgan fingerprint density at radius 1 is 1.09 bits per heavy atom. The highest BCUT2D eigenvalue weighted by Gasteiger charge is 2.24. The first-order valence-electron chi connectivity index (χ1n) is 10.9. The van der Waals surface area contributed by atoms with E-state index < -0.39 is 6.09 Å². The molecule has 0 bridgehead atoms. The molecule has 0 radical (unpaired) electrons. The van der Waals surface area contributed by atoms with E-state index in [1.807, 2.05) is 36.4 Å². The number of carbonyl (C=O) groups is 1. The van der Waals surface area contributed by atoms with Gasteiger partial charge < -0.3 is 20.1 Å². The summed E-state index contributed by atoms with van der Waals surface area (Å²) in [6.45, 7) is 3.56. The molecular weight excluding hydrogens is 533 g/mol. The predicted molar refractivity (Wildman–Crippen MR) is 143 cm³/mol. The van der Waals surface area contributed by atoms with Gasteiger partial charge in [-0.2, -0.15) is 0 Å². The Morgan fingerprint density at radius 3 is 2.45 bits per heavy atom. The zero-order chi connectivity index (χ0) is 22.8. The van der Waals surface area contributed by atoms with E-state index in [9.17, 15) is 4.79 Å². The van der Waals surface area contributed by atoms with Crippen molar-refractivity contribution in [1.29, 1.82) is 0 Å². The number of aliphatic imine (C=N–C) groups is 1. The van der Waals surface area contributed by atoms with Gasteiger partial charge in [0.1, 0.15) is 5.75 Å². The van der Waals surface area contributed by atoms with Crippen molar-refractivity contribution in [2.45, 2.75) is 25.4 Å². The second kappa shape index (κ2) is 13.9. The highest BCUT2D eigenvalue weighted by atomic mass is 127. The Balaban J connectivity index is 0.00000385. The Labute approximate surface area is 213 Å². The van der Waals surface area contributed by atoms with E-state index in [1.165, 1.54) is 25.5 Å². The summed E-state index contributed by atoms with van der Waals surface area (Å²) >= 11 is 0. The molecule has 1 aliphatic heterocycles. The largest absolute Gasteiger partial charge is 0.497 e. The average molecular weight is 567 g/mol. The van der Waals surface area contributed by atoms with Crippen LogP contribution in [0.5, 0.6) is 5.75 Å². The van der Waals surface area contributed by atoms with E-state index in [0.717, 1.165) is 36.9 Å². The molecule has 2 aromatic carbocycles. The summed E-state index contributed by atoms with van der Waals surface area (Å²) in [5, 5.41) is 9.49. The molecule has 180 valence electrons. The van der Waals surface area contributed by atoms with Gasteiger partial charge in [-0.3, -0.25) is 15.2 Å². The van der Waals surface area contributed by atoms with Gasteiger partial charge >= 0.3 is 6.09 Å². The number of halogens is 1. The van der Waals surface area contributed by atoms with Gasteiger partial charge in [-0.05, 0) is 61.3 Å². The lowest BCUT2D eigenvalue weighted by Gasteiger charge is -2.29. The number of ether oxygens (including phenoxy) is 2. The summed E-state index contributed by atoms with van der Waals surface area (Å²) in [7, 11) is 4.82.